The summed E-state index contributed by atoms with van der Waals surface area (Å²) in [5, 5.41) is 3.16. The van der Waals surface area contributed by atoms with E-state index in [2.05, 4.69) is 5.32 Å². The summed E-state index contributed by atoms with van der Waals surface area (Å²) in [6.07, 6.45) is 0.565. The standard InChI is InChI=1S/C11H16FNO/c1-14-11-6-3-2-5-10(11)9-13-8-4-7-12/h2-3,5-6,13H,4,7-9H2,1H3. The number of hydrogen-bond donors (Lipinski definition) is 1. The van der Waals surface area contributed by atoms with E-state index < -0.39 is 0 Å². The van der Waals surface area contributed by atoms with Gasteiger partial charge < -0.3 is 10.1 Å². The molecule has 1 aromatic carbocycles. The molecule has 1 N–H and O–H groups in total. The first kappa shape index (κ1) is 11.0. The predicted octanol–water partition coefficient (Wildman–Crippen LogP) is 2.14. The van der Waals surface area contributed by atoms with E-state index in [1.54, 1.807) is 7.11 Å². The molecule has 0 unspecified atom stereocenters. The lowest BCUT2D eigenvalue weighted by molar-refractivity contribution is 0.406. The first-order chi connectivity index (χ1) is 6.88. The molecular formula is C11H16FNO. The fraction of sp³-hybridized carbons (Fsp3) is 0.455. The smallest absolute Gasteiger partial charge is 0.123 e. The van der Waals surface area contributed by atoms with E-state index in [0.717, 1.165) is 17.9 Å². The number of halogens is 1. The van der Waals surface area contributed by atoms with Crippen LogP contribution in [0.4, 0.5) is 4.39 Å². The van der Waals surface area contributed by atoms with Gasteiger partial charge in [0.05, 0.1) is 13.8 Å². The van der Waals surface area contributed by atoms with Crippen molar-refractivity contribution < 1.29 is 9.13 Å². The molecule has 3 heteroatoms. The molecule has 1 aromatic rings. The highest BCUT2D eigenvalue weighted by atomic mass is 19.1. The number of rotatable bonds is 6. The molecule has 0 fully saturated rings. The SMILES string of the molecule is COc1ccccc1CNCCCF. The first-order valence-corrected chi connectivity index (χ1v) is 4.77. The molecular weight excluding hydrogens is 181 g/mol. The lowest BCUT2D eigenvalue weighted by Gasteiger charge is -2.08. The summed E-state index contributed by atoms with van der Waals surface area (Å²) >= 11 is 0. The second kappa shape index (κ2) is 6.38. The lowest BCUT2D eigenvalue weighted by atomic mass is 10.2. The van der Waals surface area contributed by atoms with E-state index in [9.17, 15) is 4.39 Å². The van der Waals surface area contributed by atoms with Crippen LogP contribution in [0.3, 0.4) is 0 Å². The number of benzene rings is 1. The zero-order chi connectivity index (χ0) is 10.2. The molecule has 0 spiro atoms. The van der Waals surface area contributed by atoms with Crippen LogP contribution >= 0.6 is 0 Å². The van der Waals surface area contributed by atoms with Crippen LogP contribution in [0.2, 0.25) is 0 Å². The number of para-hydroxylation sites is 1. The van der Waals surface area contributed by atoms with E-state index in [-0.39, 0.29) is 6.67 Å². The highest BCUT2D eigenvalue weighted by Gasteiger charge is 1.99. The maximum atomic E-state index is 11.8. The summed E-state index contributed by atoms with van der Waals surface area (Å²) < 4.78 is 17.0. The van der Waals surface area contributed by atoms with Crippen molar-refractivity contribution in [2.45, 2.75) is 13.0 Å². The third-order valence-corrected chi connectivity index (χ3v) is 2.00. The lowest BCUT2D eigenvalue weighted by Crippen LogP contribution is -2.15. The minimum atomic E-state index is -0.265. The molecule has 2 nitrogen and oxygen atoms in total. The van der Waals surface area contributed by atoms with Gasteiger partial charge in [-0.05, 0) is 19.0 Å². The molecule has 78 valence electrons. The van der Waals surface area contributed by atoms with Crippen LogP contribution < -0.4 is 10.1 Å². The second-order valence-electron chi connectivity index (χ2n) is 3.03. The Morgan fingerprint density at radius 1 is 1.36 bits per heavy atom. The molecule has 0 heterocycles. The van der Waals surface area contributed by atoms with Gasteiger partial charge in [-0.3, -0.25) is 4.39 Å². The van der Waals surface area contributed by atoms with Crippen LogP contribution in [0.15, 0.2) is 24.3 Å². The van der Waals surface area contributed by atoms with Gasteiger partial charge in [0.15, 0.2) is 0 Å². The quantitative estimate of drug-likeness (QED) is 0.705. The second-order valence-corrected chi connectivity index (χ2v) is 3.03. The number of hydrogen-bond acceptors (Lipinski definition) is 2. The van der Waals surface area contributed by atoms with E-state index in [1.807, 2.05) is 24.3 Å². The number of nitrogens with one attached hydrogen (secondary N) is 1. The fourth-order valence-electron chi connectivity index (χ4n) is 1.26. The van der Waals surface area contributed by atoms with Crippen molar-refractivity contribution in [3.63, 3.8) is 0 Å². The zero-order valence-corrected chi connectivity index (χ0v) is 8.42. The summed E-state index contributed by atoms with van der Waals surface area (Å²) in [6.45, 7) is 1.16. The Hall–Kier alpha value is -1.09. The van der Waals surface area contributed by atoms with Gasteiger partial charge in [0, 0.05) is 12.1 Å². The molecule has 0 amide bonds. The van der Waals surface area contributed by atoms with Gasteiger partial charge in [-0.25, -0.2) is 0 Å². The molecule has 0 radical (unpaired) electrons. The van der Waals surface area contributed by atoms with Gasteiger partial charge in [-0.1, -0.05) is 18.2 Å². The van der Waals surface area contributed by atoms with E-state index in [4.69, 9.17) is 4.74 Å². The van der Waals surface area contributed by atoms with Gasteiger partial charge in [-0.15, -0.1) is 0 Å². The minimum Gasteiger partial charge on any atom is -0.496 e. The Morgan fingerprint density at radius 2 is 2.14 bits per heavy atom. The fourth-order valence-corrected chi connectivity index (χ4v) is 1.26. The highest BCUT2D eigenvalue weighted by Crippen LogP contribution is 2.16. The van der Waals surface area contributed by atoms with E-state index >= 15 is 0 Å². The molecule has 0 aliphatic carbocycles. The molecule has 0 atom stereocenters. The van der Waals surface area contributed by atoms with Crippen LogP contribution in [0, 0.1) is 0 Å². The third kappa shape index (κ3) is 3.34. The molecule has 0 bridgehead atoms. The number of methoxy groups -OCH3 is 1. The average Bonchev–Trinajstić information content (AvgIpc) is 2.25. The van der Waals surface area contributed by atoms with Gasteiger partial charge in [0.25, 0.3) is 0 Å². The minimum absolute atomic E-state index is 0.265. The number of alkyl halides is 1. The van der Waals surface area contributed by atoms with Crippen LogP contribution in [0.1, 0.15) is 12.0 Å². The van der Waals surface area contributed by atoms with E-state index in [1.165, 1.54) is 0 Å². The predicted molar refractivity (Wildman–Crippen MR) is 55.3 cm³/mol. The maximum absolute atomic E-state index is 11.8. The Labute approximate surface area is 84.1 Å². The van der Waals surface area contributed by atoms with Crippen LogP contribution in [0.5, 0.6) is 5.75 Å². The Kier molecular flexibility index (Phi) is 5.00. The normalized spacial score (nSPS) is 10.1. The Morgan fingerprint density at radius 3 is 2.86 bits per heavy atom. The van der Waals surface area contributed by atoms with Crippen molar-refractivity contribution in [1.29, 1.82) is 0 Å². The molecule has 0 saturated carbocycles. The maximum Gasteiger partial charge on any atom is 0.123 e. The molecule has 0 aromatic heterocycles. The van der Waals surface area contributed by atoms with Crippen molar-refractivity contribution in [2.24, 2.45) is 0 Å². The molecule has 0 aliphatic heterocycles. The van der Waals surface area contributed by atoms with Crippen molar-refractivity contribution >= 4 is 0 Å². The summed E-state index contributed by atoms with van der Waals surface area (Å²) in [6, 6.07) is 7.83. The van der Waals surface area contributed by atoms with Crippen molar-refractivity contribution in [2.75, 3.05) is 20.3 Å². The van der Waals surface area contributed by atoms with Crippen LogP contribution in [-0.4, -0.2) is 20.3 Å². The summed E-state index contributed by atoms with van der Waals surface area (Å²) in [4.78, 5) is 0. The molecule has 14 heavy (non-hydrogen) atoms. The third-order valence-electron chi connectivity index (χ3n) is 2.00. The van der Waals surface area contributed by atoms with Gasteiger partial charge >= 0.3 is 0 Å². The summed E-state index contributed by atoms with van der Waals surface area (Å²) in [5.41, 5.74) is 1.11. The highest BCUT2D eigenvalue weighted by molar-refractivity contribution is 5.32. The molecule has 1 rings (SSSR count). The number of ether oxygens (including phenoxy) is 1. The monoisotopic (exact) mass is 197 g/mol. The van der Waals surface area contributed by atoms with Gasteiger partial charge in [-0.2, -0.15) is 0 Å². The van der Waals surface area contributed by atoms with Crippen LogP contribution in [-0.2, 0) is 6.54 Å². The largest absolute Gasteiger partial charge is 0.496 e. The van der Waals surface area contributed by atoms with Crippen molar-refractivity contribution in [3.8, 4) is 5.75 Å². The zero-order valence-electron chi connectivity index (χ0n) is 8.42. The Balaban J connectivity index is 2.41. The first-order valence-electron chi connectivity index (χ1n) is 4.77. The molecule has 0 aliphatic rings. The summed E-state index contributed by atoms with van der Waals surface area (Å²) in [7, 11) is 1.65. The van der Waals surface area contributed by atoms with Crippen molar-refractivity contribution in [3.05, 3.63) is 29.8 Å². The van der Waals surface area contributed by atoms with Crippen molar-refractivity contribution in [1.82, 2.24) is 5.32 Å². The topological polar surface area (TPSA) is 21.3 Å². The average molecular weight is 197 g/mol. The van der Waals surface area contributed by atoms with Crippen LogP contribution in [0.25, 0.3) is 0 Å². The molecule has 0 saturated heterocycles. The van der Waals surface area contributed by atoms with Gasteiger partial charge in [0.2, 0.25) is 0 Å². The van der Waals surface area contributed by atoms with Gasteiger partial charge in [0.1, 0.15) is 5.75 Å². The van der Waals surface area contributed by atoms with E-state index in [0.29, 0.717) is 13.0 Å². The Bertz CT molecular complexity index is 265. The summed E-state index contributed by atoms with van der Waals surface area (Å²) in [5.74, 6) is 0.875.